The largest absolute Gasteiger partial charge is 0.493 e. The molecule has 0 aliphatic carbocycles. The maximum atomic E-state index is 5.86. The molecule has 2 heterocycles. The van der Waals surface area contributed by atoms with E-state index in [1.165, 1.54) is 5.56 Å². The Morgan fingerprint density at radius 2 is 1.80 bits per heavy atom. The van der Waals surface area contributed by atoms with E-state index in [-0.39, 0.29) is 0 Å². The van der Waals surface area contributed by atoms with Gasteiger partial charge in [-0.2, -0.15) is 0 Å². The monoisotopic (exact) mass is 480 g/mol. The van der Waals surface area contributed by atoms with Gasteiger partial charge in [-0.25, -0.2) is 0 Å². The predicted octanol–water partition coefficient (Wildman–Crippen LogP) is 5.83. The van der Waals surface area contributed by atoms with Crippen molar-refractivity contribution < 1.29 is 4.74 Å². The normalized spacial score (nSPS) is 10.9. The van der Waals surface area contributed by atoms with Crippen molar-refractivity contribution in [3.8, 4) is 22.8 Å². The van der Waals surface area contributed by atoms with Crippen molar-refractivity contribution in [2.75, 3.05) is 12.4 Å². The number of hydrogen-bond donors (Lipinski definition) is 0. The number of pyridine rings is 1. The zero-order chi connectivity index (χ0) is 20.8. The quantitative estimate of drug-likeness (QED) is 0.234. The number of thioether (sulfide) groups is 1. The molecule has 0 aliphatic rings. The smallest absolute Gasteiger partial charge is 0.196 e. The van der Waals surface area contributed by atoms with E-state index >= 15 is 0 Å². The topological polar surface area (TPSA) is 52.8 Å². The first-order chi connectivity index (χ1) is 14.7. The highest BCUT2D eigenvalue weighted by atomic mass is 79.9. The Hall–Kier alpha value is -2.64. The van der Waals surface area contributed by atoms with E-state index in [4.69, 9.17) is 4.74 Å². The minimum absolute atomic E-state index is 0.577. The Balaban J connectivity index is 1.55. The standard InChI is InChI=1S/C23H21BrN4OS/c1-2-17-6-8-20(9-7-17)28-22(18-10-12-25-13-11-18)26-27-23(28)30-15-14-29-21-5-3-4-19(24)16-21/h3-13,16H,2,14-15H2,1H3. The highest BCUT2D eigenvalue weighted by Gasteiger charge is 2.16. The van der Waals surface area contributed by atoms with Gasteiger partial charge in [0, 0.05) is 33.9 Å². The first-order valence-electron chi connectivity index (χ1n) is 9.71. The Morgan fingerprint density at radius 3 is 2.53 bits per heavy atom. The Labute approximate surface area is 188 Å². The Morgan fingerprint density at radius 1 is 1.00 bits per heavy atom. The highest BCUT2D eigenvalue weighted by Crippen LogP contribution is 2.28. The summed E-state index contributed by atoms with van der Waals surface area (Å²) in [5.74, 6) is 2.41. The highest BCUT2D eigenvalue weighted by molar-refractivity contribution is 9.10. The van der Waals surface area contributed by atoms with Gasteiger partial charge in [-0.05, 0) is 54.4 Å². The van der Waals surface area contributed by atoms with E-state index in [0.29, 0.717) is 6.61 Å². The molecular formula is C23H21BrN4OS. The van der Waals surface area contributed by atoms with Crippen LogP contribution in [0.4, 0.5) is 0 Å². The number of hydrogen-bond acceptors (Lipinski definition) is 5. The van der Waals surface area contributed by atoms with Gasteiger partial charge in [0.15, 0.2) is 11.0 Å². The molecule has 152 valence electrons. The molecule has 5 nitrogen and oxygen atoms in total. The molecule has 4 aromatic rings. The third-order valence-electron chi connectivity index (χ3n) is 4.55. The van der Waals surface area contributed by atoms with Crippen LogP contribution in [0.3, 0.4) is 0 Å². The zero-order valence-corrected chi connectivity index (χ0v) is 18.9. The third kappa shape index (κ3) is 4.91. The molecule has 0 saturated carbocycles. The molecule has 0 atom stereocenters. The molecule has 0 unspecified atom stereocenters. The lowest BCUT2D eigenvalue weighted by atomic mass is 10.1. The molecule has 0 saturated heterocycles. The molecule has 0 aliphatic heterocycles. The van der Waals surface area contributed by atoms with Gasteiger partial charge >= 0.3 is 0 Å². The molecule has 0 N–H and O–H groups in total. The molecule has 4 rings (SSSR count). The van der Waals surface area contributed by atoms with Crippen LogP contribution in [-0.4, -0.2) is 32.1 Å². The second-order valence-corrected chi connectivity index (χ2v) is 8.53. The van der Waals surface area contributed by atoms with Gasteiger partial charge < -0.3 is 4.74 Å². The van der Waals surface area contributed by atoms with Crippen LogP contribution in [0.25, 0.3) is 17.1 Å². The maximum absolute atomic E-state index is 5.86. The zero-order valence-electron chi connectivity index (χ0n) is 16.5. The molecule has 0 fully saturated rings. The minimum Gasteiger partial charge on any atom is -0.493 e. The summed E-state index contributed by atoms with van der Waals surface area (Å²) in [7, 11) is 0. The van der Waals surface area contributed by atoms with Gasteiger partial charge in [0.1, 0.15) is 5.75 Å². The summed E-state index contributed by atoms with van der Waals surface area (Å²) in [6.07, 6.45) is 4.55. The SMILES string of the molecule is CCc1ccc(-n2c(SCCOc3cccc(Br)c3)nnc2-c2ccncc2)cc1. The lowest BCUT2D eigenvalue weighted by Gasteiger charge is -2.11. The summed E-state index contributed by atoms with van der Waals surface area (Å²) in [6, 6.07) is 20.3. The summed E-state index contributed by atoms with van der Waals surface area (Å²) in [5.41, 5.74) is 3.32. The van der Waals surface area contributed by atoms with E-state index in [1.54, 1.807) is 24.2 Å². The lowest BCUT2D eigenvalue weighted by molar-refractivity contribution is 0.343. The number of nitrogens with zero attached hydrogens (tertiary/aromatic N) is 4. The number of rotatable bonds is 8. The van der Waals surface area contributed by atoms with E-state index in [1.807, 2.05) is 36.4 Å². The molecule has 2 aromatic carbocycles. The van der Waals surface area contributed by atoms with Gasteiger partial charge in [-0.3, -0.25) is 9.55 Å². The second kappa shape index (κ2) is 9.91. The third-order valence-corrected chi connectivity index (χ3v) is 5.94. The summed E-state index contributed by atoms with van der Waals surface area (Å²) in [5, 5.41) is 9.77. The van der Waals surface area contributed by atoms with E-state index in [0.717, 1.165) is 44.6 Å². The molecule has 30 heavy (non-hydrogen) atoms. The minimum atomic E-state index is 0.577. The average molecular weight is 481 g/mol. The first kappa shape index (κ1) is 20.6. The van der Waals surface area contributed by atoms with Crippen molar-refractivity contribution in [2.45, 2.75) is 18.5 Å². The Bertz CT molecular complexity index is 1100. The van der Waals surface area contributed by atoms with Crippen LogP contribution in [0.1, 0.15) is 12.5 Å². The van der Waals surface area contributed by atoms with Gasteiger partial charge in [0.05, 0.1) is 6.61 Å². The maximum Gasteiger partial charge on any atom is 0.196 e. The molecule has 0 spiro atoms. The van der Waals surface area contributed by atoms with Gasteiger partial charge in [-0.15, -0.1) is 10.2 Å². The number of halogens is 1. The molecule has 7 heteroatoms. The lowest BCUT2D eigenvalue weighted by Crippen LogP contribution is -2.03. The summed E-state index contributed by atoms with van der Waals surface area (Å²) in [4.78, 5) is 4.12. The van der Waals surface area contributed by atoms with Crippen LogP contribution in [-0.2, 0) is 6.42 Å². The number of ether oxygens (including phenoxy) is 1. The fourth-order valence-corrected chi connectivity index (χ4v) is 4.16. The summed E-state index contributed by atoms with van der Waals surface area (Å²) < 4.78 is 8.96. The predicted molar refractivity (Wildman–Crippen MR) is 124 cm³/mol. The van der Waals surface area contributed by atoms with Crippen molar-refractivity contribution in [3.05, 3.63) is 83.1 Å². The first-order valence-corrected chi connectivity index (χ1v) is 11.5. The molecule has 0 amide bonds. The second-order valence-electron chi connectivity index (χ2n) is 6.55. The van der Waals surface area contributed by atoms with Crippen LogP contribution < -0.4 is 4.74 Å². The van der Waals surface area contributed by atoms with Crippen molar-refractivity contribution in [1.29, 1.82) is 0 Å². The van der Waals surface area contributed by atoms with Crippen LogP contribution in [0.2, 0.25) is 0 Å². The van der Waals surface area contributed by atoms with Gasteiger partial charge in [-0.1, -0.05) is 52.8 Å². The number of aryl methyl sites for hydroxylation is 1. The van der Waals surface area contributed by atoms with Crippen molar-refractivity contribution in [3.63, 3.8) is 0 Å². The molecular weight excluding hydrogens is 460 g/mol. The van der Waals surface area contributed by atoms with E-state index in [9.17, 15) is 0 Å². The van der Waals surface area contributed by atoms with Crippen LogP contribution in [0, 0.1) is 0 Å². The fourth-order valence-electron chi connectivity index (χ4n) is 3.01. The molecule has 2 aromatic heterocycles. The van der Waals surface area contributed by atoms with Crippen molar-refractivity contribution in [2.24, 2.45) is 0 Å². The van der Waals surface area contributed by atoms with Gasteiger partial charge in [0.2, 0.25) is 0 Å². The van der Waals surface area contributed by atoms with Crippen LogP contribution in [0.15, 0.2) is 82.7 Å². The Kier molecular flexibility index (Phi) is 6.81. The van der Waals surface area contributed by atoms with Crippen LogP contribution in [0.5, 0.6) is 5.75 Å². The summed E-state index contributed by atoms with van der Waals surface area (Å²) >= 11 is 5.09. The molecule has 0 radical (unpaired) electrons. The molecule has 0 bridgehead atoms. The summed E-state index contributed by atoms with van der Waals surface area (Å²) in [6.45, 7) is 2.73. The number of aromatic nitrogens is 4. The number of benzene rings is 2. The average Bonchev–Trinajstić information content (AvgIpc) is 3.21. The van der Waals surface area contributed by atoms with Crippen LogP contribution >= 0.6 is 27.7 Å². The van der Waals surface area contributed by atoms with Crippen molar-refractivity contribution >= 4 is 27.7 Å². The van der Waals surface area contributed by atoms with Crippen molar-refractivity contribution in [1.82, 2.24) is 19.7 Å². The van der Waals surface area contributed by atoms with Gasteiger partial charge in [0.25, 0.3) is 0 Å². The fraction of sp³-hybridized carbons (Fsp3) is 0.174. The van der Waals surface area contributed by atoms with E-state index in [2.05, 4.69) is 66.9 Å². The van der Waals surface area contributed by atoms with E-state index < -0.39 is 0 Å².